The van der Waals surface area contributed by atoms with Crippen LogP contribution in [0, 0.1) is 5.92 Å². The molecule has 0 amide bonds. The summed E-state index contributed by atoms with van der Waals surface area (Å²) in [6.45, 7) is 3.72. The molecule has 0 unspecified atom stereocenters. The van der Waals surface area contributed by atoms with E-state index in [0.717, 1.165) is 12.8 Å². The van der Waals surface area contributed by atoms with Crippen LogP contribution >= 0.6 is 0 Å². The van der Waals surface area contributed by atoms with Crippen LogP contribution in [0.15, 0.2) is 24.5 Å². The lowest BCUT2D eigenvalue weighted by Crippen LogP contribution is -2.78. The molecule has 0 aromatic carbocycles. The summed E-state index contributed by atoms with van der Waals surface area (Å²) in [6.07, 6.45) is 1.73. The molecule has 9 heteroatoms. The van der Waals surface area contributed by atoms with Crippen molar-refractivity contribution in [1.82, 2.24) is 10.3 Å². The van der Waals surface area contributed by atoms with Crippen LogP contribution in [0.25, 0.3) is 0 Å². The van der Waals surface area contributed by atoms with Gasteiger partial charge in [-0.15, -0.1) is 0 Å². The van der Waals surface area contributed by atoms with Gasteiger partial charge in [-0.3, -0.25) is 4.98 Å². The molecule has 0 spiro atoms. The summed E-state index contributed by atoms with van der Waals surface area (Å²) in [5.41, 5.74) is -0.435. The normalized spacial score (nSPS) is 45.3. The molecule has 3 fully saturated rings. The average Bonchev–Trinajstić information content (AvgIpc) is 2.78. The van der Waals surface area contributed by atoms with E-state index in [9.17, 15) is 20.4 Å². The Labute approximate surface area is 195 Å². The maximum absolute atomic E-state index is 11.7. The number of aliphatic hydroxyl groups is 4. The molecule has 3 aliphatic rings. The molecular weight excluding hydrogens is 428 g/mol. The summed E-state index contributed by atoms with van der Waals surface area (Å²) < 4.78 is 18.1. The molecule has 0 bridgehead atoms. The molecular formula is C24H38N2O7. The molecule has 3 heterocycles. The first-order chi connectivity index (χ1) is 15.7. The van der Waals surface area contributed by atoms with Crippen LogP contribution in [0.5, 0.6) is 0 Å². The Morgan fingerprint density at radius 3 is 2.48 bits per heavy atom. The number of aliphatic hydroxyl groups excluding tert-OH is 2. The van der Waals surface area contributed by atoms with Gasteiger partial charge in [0.2, 0.25) is 12.1 Å². The van der Waals surface area contributed by atoms with E-state index in [1.165, 1.54) is 5.56 Å². The minimum absolute atomic E-state index is 0.183. The van der Waals surface area contributed by atoms with E-state index in [1.807, 2.05) is 26.0 Å². The zero-order valence-electron chi connectivity index (χ0n) is 19.6. The molecule has 1 aromatic heterocycles. The van der Waals surface area contributed by atoms with Gasteiger partial charge < -0.3 is 40.0 Å². The van der Waals surface area contributed by atoms with Crippen LogP contribution in [0.3, 0.4) is 0 Å². The van der Waals surface area contributed by atoms with Crippen LogP contribution in [-0.2, 0) is 20.6 Å². The molecule has 0 radical (unpaired) electrons. The van der Waals surface area contributed by atoms with Crippen molar-refractivity contribution in [2.75, 3.05) is 7.05 Å². The van der Waals surface area contributed by atoms with Crippen LogP contribution in [0.4, 0.5) is 0 Å². The van der Waals surface area contributed by atoms with Gasteiger partial charge in [-0.1, -0.05) is 13.3 Å². The Bertz CT molecular complexity index is 785. The summed E-state index contributed by atoms with van der Waals surface area (Å²) in [7, 11) is 1.69. The monoisotopic (exact) mass is 466 g/mol. The zero-order valence-corrected chi connectivity index (χ0v) is 19.6. The van der Waals surface area contributed by atoms with Crippen molar-refractivity contribution in [3.63, 3.8) is 0 Å². The van der Waals surface area contributed by atoms with Gasteiger partial charge >= 0.3 is 0 Å². The second-order valence-electron chi connectivity index (χ2n) is 9.82. The van der Waals surface area contributed by atoms with Crippen LogP contribution in [0.1, 0.15) is 51.5 Å². The number of hydrogen-bond donors (Lipinski definition) is 5. The number of rotatable bonds is 7. The van der Waals surface area contributed by atoms with Crippen molar-refractivity contribution in [3.8, 4) is 0 Å². The van der Waals surface area contributed by atoms with E-state index in [4.69, 9.17) is 14.2 Å². The van der Waals surface area contributed by atoms with Gasteiger partial charge in [0, 0.05) is 24.7 Å². The second-order valence-corrected chi connectivity index (χ2v) is 9.82. The third-order valence-corrected chi connectivity index (χ3v) is 7.68. The first kappa shape index (κ1) is 24.9. The molecule has 2 saturated heterocycles. The fraction of sp³-hybridized carbons (Fsp3) is 0.792. The quantitative estimate of drug-likeness (QED) is 0.364. The van der Waals surface area contributed by atoms with E-state index in [2.05, 4.69) is 10.3 Å². The minimum Gasteiger partial charge on any atom is -0.391 e. The average molecular weight is 467 g/mol. The second kappa shape index (κ2) is 9.83. The number of unbranched alkanes of at least 4 members (excludes halogenated alkanes) is 1. The number of pyridine rings is 1. The number of hydrogen-bond acceptors (Lipinski definition) is 9. The van der Waals surface area contributed by atoms with Crippen molar-refractivity contribution >= 4 is 0 Å². The molecule has 1 aromatic rings. The SMILES string of the molecule is CC[C@@H]1[C@H](O)[C@H](NC)[C@H]2O[C@]3(O)[C@H](O[C@@H]2[C@H]1O)O[C@H](C)C[C@@]3(O)CCCCc1ccncc1. The van der Waals surface area contributed by atoms with Gasteiger partial charge in [-0.2, -0.15) is 0 Å². The highest BCUT2D eigenvalue weighted by atomic mass is 16.8. The summed E-state index contributed by atoms with van der Waals surface area (Å²) in [5, 5.41) is 48.1. The maximum atomic E-state index is 11.7. The predicted molar refractivity (Wildman–Crippen MR) is 119 cm³/mol. The summed E-state index contributed by atoms with van der Waals surface area (Å²) in [6, 6.07) is 3.35. The van der Waals surface area contributed by atoms with Crippen molar-refractivity contribution in [1.29, 1.82) is 0 Å². The van der Waals surface area contributed by atoms with Gasteiger partial charge in [0.1, 0.15) is 17.8 Å². The molecule has 2 aliphatic heterocycles. The lowest BCUT2D eigenvalue weighted by molar-refractivity contribution is -0.485. The van der Waals surface area contributed by atoms with E-state index in [1.54, 1.807) is 19.4 Å². The Hall–Kier alpha value is -1.17. The Morgan fingerprint density at radius 1 is 1.09 bits per heavy atom. The smallest absolute Gasteiger partial charge is 0.248 e. The number of nitrogens with zero attached hydrogens (tertiary/aromatic N) is 1. The molecule has 186 valence electrons. The largest absolute Gasteiger partial charge is 0.391 e. The third kappa shape index (κ3) is 4.46. The number of nitrogens with one attached hydrogen (secondary N) is 1. The first-order valence-corrected chi connectivity index (χ1v) is 12.1. The number of aryl methyl sites for hydroxylation is 1. The maximum Gasteiger partial charge on any atom is 0.248 e. The third-order valence-electron chi connectivity index (χ3n) is 7.68. The molecule has 1 aliphatic carbocycles. The zero-order chi connectivity index (χ0) is 23.8. The van der Waals surface area contributed by atoms with Crippen molar-refractivity contribution in [3.05, 3.63) is 30.1 Å². The number of ether oxygens (including phenoxy) is 3. The van der Waals surface area contributed by atoms with E-state index < -0.39 is 54.1 Å². The van der Waals surface area contributed by atoms with Gasteiger partial charge in [0.15, 0.2) is 0 Å². The standard InChI is InChI=1S/C24H38N2O7/c1-4-16-18(27)17(25-3)20-21(19(16)28)32-22-24(30,33-20)23(29,13-14(2)31-22)10-6-5-7-15-8-11-26-12-9-15/h8-9,11-12,14,16-22,25,27-30H,4-7,10,13H2,1-3H3/t14-,16-,17+,18+,19+,20-,21-,22+,23+,24-/m1/s1. The topological polar surface area (TPSA) is 134 Å². The van der Waals surface area contributed by atoms with Gasteiger partial charge in [-0.25, -0.2) is 0 Å². The summed E-state index contributed by atoms with van der Waals surface area (Å²) in [5.74, 6) is -2.53. The Morgan fingerprint density at radius 2 is 1.82 bits per heavy atom. The number of aromatic nitrogens is 1. The number of likely N-dealkylation sites (N-methyl/N-ethyl adjacent to an activating group) is 1. The van der Waals surface area contributed by atoms with E-state index in [-0.39, 0.29) is 12.5 Å². The first-order valence-electron chi connectivity index (χ1n) is 12.1. The van der Waals surface area contributed by atoms with Crippen LogP contribution in [0.2, 0.25) is 0 Å². The van der Waals surface area contributed by atoms with Crippen LogP contribution in [-0.4, -0.2) is 86.7 Å². The fourth-order valence-electron chi connectivity index (χ4n) is 5.83. The molecule has 33 heavy (non-hydrogen) atoms. The molecule has 5 N–H and O–H groups in total. The highest BCUT2D eigenvalue weighted by Gasteiger charge is 2.68. The van der Waals surface area contributed by atoms with Gasteiger partial charge in [0.25, 0.3) is 0 Å². The predicted octanol–water partition coefficient (Wildman–Crippen LogP) is 0.483. The van der Waals surface area contributed by atoms with Crippen LogP contribution < -0.4 is 5.32 Å². The van der Waals surface area contributed by atoms with E-state index in [0.29, 0.717) is 19.3 Å². The number of fused-ring (bicyclic) bond motifs is 2. The summed E-state index contributed by atoms with van der Waals surface area (Å²) in [4.78, 5) is 4.03. The lowest BCUT2D eigenvalue weighted by Gasteiger charge is -2.60. The molecule has 1 saturated carbocycles. The van der Waals surface area contributed by atoms with E-state index >= 15 is 0 Å². The molecule has 9 nitrogen and oxygen atoms in total. The van der Waals surface area contributed by atoms with Gasteiger partial charge in [0.05, 0.1) is 24.4 Å². The van der Waals surface area contributed by atoms with Gasteiger partial charge in [-0.05, 0) is 57.4 Å². The van der Waals surface area contributed by atoms with Crippen molar-refractivity contribution in [2.24, 2.45) is 5.92 Å². The highest BCUT2D eigenvalue weighted by Crippen LogP contribution is 2.49. The van der Waals surface area contributed by atoms with Crippen molar-refractivity contribution < 1.29 is 34.6 Å². The fourth-order valence-corrected chi connectivity index (χ4v) is 5.83. The minimum atomic E-state index is -2.12. The highest BCUT2D eigenvalue weighted by molar-refractivity contribution is 5.11. The Kier molecular flexibility index (Phi) is 7.43. The molecule has 4 rings (SSSR count). The summed E-state index contributed by atoms with van der Waals surface area (Å²) >= 11 is 0. The Balaban J connectivity index is 1.52. The molecule has 10 atom stereocenters. The van der Waals surface area contributed by atoms with Crippen molar-refractivity contribution in [2.45, 2.75) is 107 Å². The lowest BCUT2D eigenvalue weighted by atomic mass is 9.73.